The van der Waals surface area contributed by atoms with Crippen molar-refractivity contribution in [1.82, 2.24) is 0 Å². The molecule has 1 heterocycles. The number of cyclic esters (lactones) is 1. The van der Waals surface area contributed by atoms with Crippen LogP contribution in [0.4, 0.5) is 0 Å². The molecule has 80 valence electrons. The number of rotatable bonds is 2. The lowest BCUT2D eigenvalue weighted by molar-refractivity contribution is -0.141. The molecule has 1 aliphatic heterocycles. The zero-order valence-electron chi connectivity index (χ0n) is 8.57. The van der Waals surface area contributed by atoms with E-state index in [2.05, 4.69) is 22.6 Å². The van der Waals surface area contributed by atoms with Gasteiger partial charge < -0.3 is 4.74 Å². The topological polar surface area (TPSA) is 26.3 Å². The average Bonchev–Trinajstić information content (AvgIpc) is 2.61. The fraction of sp³-hybridized carbons (Fsp3) is 0.417. The van der Waals surface area contributed by atoms with Gasteiger partial charge in [0.1, 0.15) is 6.10 Å². The van der Waals surface area contributed by atoms with Crippen molar-refractivity contribution in [2.24, 2.45) is 0 Å². The maximum Gasteiger partial charge on any atom is 0.313 e. The summed E-state index contributed by atoms with van der Waals surface area (Å²) >= 11 is 2.26. The number of aryl methyl sites for hydroxylation is 1. The Hall–Kier alpha value is -0.580. The van der Waals surface area contributed by atoms with E-state index in [0.717, 1.165) is 16.4 Å². The number of hydrogen-bond acceptors (Lipinski definition) is 2. The maximum absolute atomic E-state index is 11.6. The first kappa shape index (κ1) is 10.9. The van der Waals surface area contributed by atoms with Crippen molar-refractivity contribution < 1.29 is 9.53 Å². The minimum Gasteiger partial charge on any atom is -0.461 e. The van der Waals surface area contributed by atoms with Gasteiger partial charge in [-0.3, -0.25) is 4.79 Å². The Morgan fingerprint density at radius 3 is 2.60 bits per heavy atom. The van der Waals surface area contributed by atoms with Crippen LogP contribution in [0.1, 0.15) is 23.5 Å². The first-order chi connectivity index (χ1) is 7.20. The van der Waals surface area contributed by atoms with E-state index in [4.69, 9.17) is 4.74 Å². The van der Waals surface area contributed by atoms with E-state index in [1.54, 1.807) is 0 Å². The Kier molecular flexibility index (Phi) is 3.29. The van der Waals surface area contributed by atoms with Crippen LogP contribution < -0.4 is 0 Å². The van der Waals surface area contributed by atoms with Gasteiger partial charge >= 0.3 is 5.97 Å². The Morgan fingerprint density at radius 1 is 1.40 bits per heavy atom. The van der Waals surface area contributed by atoms with Crippen LogP contribution in [-0.4, -0.2) is 16.5 Å². The Bertz CT molecular complexity index is 358. The highest BCUT2D eigenvalue weighted by molar-refractivity contribution is 14.1. The zero-order chi connectivity index (χ0) is 10.8. The normalized spacial score (nSPS) is 25.3. The van der Waals surface area contributed by atoms with Crippen LogP contribution in [0.25, 0.3) is 0 Å². The number of hydrogen-bond donors (Lipinski definition) is 0. The number of benzene rings is 1. The van der Waals surface area contributed by atoms with Gasteiger partial charge in [-0.1, -0.05) is 52.4 Å². The molecule has 0 radical (unpaired) electrons. The molecular weight excluding hydrogens is 303 g/mol. The van der Waals surface area contributed by atoms with Gasteiger partial charge in [0.25, 0.3) is 0 Å². The number of carbonyl (C=O) groups is 1. The average molecular weight is 316 g/mol. The van der Waals surface area contributed by atoms with Crippen molar-refractivity contribution in [2.75, 3.05) is 4.43 Å². The zero-order valence-corrected chi connectivity index (χ0v) is 10.7. The van der Waals surface area contributed by atoms with E-state index in [1.165, 1.54) is 5.56 Å². The van der Waals surface area contributed by atoms with Crippen molar-refractivity contribution in [3.63, 3.8) is 0 Å². The molecular formula is C12H13IO2. The third-order valence-corrected chi connectivity index (χ3v) is 3.70. The van der Waals surface area contributed by atoms with E-state index < -0.39 is 0 Å². The molecule has 0 aromatic heterocycles. The second-order valence-electron chi connectivity index (χ2n) is 3.91. The molecule has 1 aromatic rings. The van der Waals surface area contributed by atoms with Crippen LogP contribution in [-0.2, 0) is 9.53 Å². The number of alkyl halides is 1. The predicted molar refractivity (Wildman–Crippen MR) is 67.3 cm³/mol. The molecule has 0 spiro atoms. The van der Waals surface area contributed by atoms with Crippen LogP contribution in [0.2, 0.25) is 0 Å². The molecule has 0 amide bonds. The lowest BCUT2D eigenvalue weighted by Crippen LogP contribution is -2.07. The summed E-state index contributed by atoms with van der Waals surface area (Å²) in [7, 11) is 0. The first-order valence-corrected chi connectivity index (χ1v) is 6.56. The number of halogens is 1. The Morgan fingerprint density at radius 2 is 2.07 bits per heavy atom. The smallest absolute Gasteiger partial charge is 0.313 e. The van der Waals surface area contributed by atoms with Gasteiger partial charge in [-0.2, -0.15) is 0 Å². The molecule has 1 fully saturated rings. The van der Waals surface area contributed by atoms with Crippen molar-refractivity contribution in [1.29, 1.82) is 0 Å². The monoisotopic (exact) mass is 316 g/mol. The molecule has 0 unspecified atom stereocenters. The van der Waals surface area contributed by atoms with Gasteiger partial charge in [-0.15, -0.1) is 0 Å². The second-order valence-corrected chi connectivity index (χ2v) is 4.79. The molecule has 1 saturated heterocycles. The number of ether oxygens (including phenoxy) is 1. The summed E-state index contributed by atoms with van der Waals surface area (Å²) in [6, 6.07) is 8.13. The Balaban J connectivity index is 2.18. The second kappa shape index (κ2) is 4.51. The summed E-state index contributed by atoms with van der Waals surface area (Å²) < 4.78 is 6.14. The fourth-order valence-electron chi connectivity index (χ4n) is 1.82. The van der Waals surface area contributed by atoms with E-state index in [9.17, 15) is 4.79 Å². The van der Waals surface area contributed by atoms with Crippen molar-refractivity contribution in [2.45, 2.75) is 25.4 Å². The van der Waals surface area contributed by atoms with E-state index in [-0.39, 0.29) is 18.0 Å². The minimum absolute atomic E-state index is 0.0506. The molecule has 15 heavy (non-hydrogen) atoms. The van der Waals surface area contributed by atoms with Crippen molar-refractivity contribution in [3.8, 4) is 0 Å². The van der Waals surface area contributed by atoms with E-state index in [1.807, 2.05) is 31.2 Å². The molecule has 1 aliphatic rings. The lowest BCUT2D eigenvalue weighted by atomic mass is 9.95. The van der Waals surface area contributed by atoms with Crippen LogP contribution in [0, 0.1) is 6.92 Å². The summed E-state index contributed by atoms with van der Waals surface area (Å²) in [5, 5.41) is 0. The fourth-order valence-corrected chi connectivity index (χ4v) is 2.36. The molecule has 0 bridgehead atoms. The van der Waals surface area contributed by atoms with Gasteiger partial charge in [0.15, 0.2) is 0 Å². The summed E-state index contributed by atoms with van der Waals surface area (Å²) in [5.74, 6) is -0.120. The third-order valence-electron chi connectivity index (χ3n) is 2.72. The molecule has 2 atom stereocenters. The molecule has 0 saturated carbocycles. The highest BCUT2D eigenvalue weighted by Crippen LogP contribution is 2.31. The van der Waals surface area contributed by atoms with E-state index in [0.29, 0.717) is 0 Å². The largest absolute Gasteiger partial charge is 0.461 e. The molecule has 0 N–H and O–H groups in total. The quantitative estimate of drug-likeness (QED) is 0.476. The van der Waals surface area contributed by atoms with Gasteiger partial charge in [-0.05, 0) is 12.5 Å². The SMILES string of the molecule is Cc1ccc([C@@H]2C[C@H](CI)OC2=O)cc1. The number of esters is 1. The van der Waals surface area contributed by atoms with E-state index >= 15 is 0 Å². The van der Waals surface area contributed by atoms with Crippen LogP contribution in [0.3, 0.4) is 0 Å². The van der Waals surface area contributed by atoms with Crippen molar-refractivity contribution in [3.05, 3.63) is 35.4 Å². The summed E-state index contributed by atoms with van der Waals surface area (Å²) in [6.45, 7) is 2.05. The lowest BCUT2D eigenvalue weighted by Gasteiger charge is -2.05. The molecule has 2 rings (SSSR count). The third kappa shape index (κ3) is 2.33. The molecule has 2 nitrogen and oxygen atoms in total. The predicted octanol–water partition coefficient (Wildman–Crippen LogP) is 2.83. The molecule has 3 heteroatoms. The maximum atomic E-state index is 11.6. The minimum atomic E-state index is -0.0690. The highest BCUT2D eigenvalue weighted by Gasteiger charge is 2.34. The number of carbonyl (C=O) groups excluding carboxylic acids is 1. The van der Waals surface area contributed by atoms with Crippen LogP contribution >= 0.6 is 22.6 Å². The molecule has 0 aliphatic carbocycles. The van der Waals surface area contributed by atoms with Crippen molar-refractivity contribution >= 4 is 28.6 Å². The standard InChI is InChI=1S/C12H13IO2/c1-8-2-4-9(5-3-8)11-6-10(7-13)15-12(11)14/h2-5,10-11H,6-7H2,1H3/t10-,11+/m1/s1. The summed E-state index contributed by atoms with van der Waals surface area (Å²) in [5.41, 5.74) is 2.30. The van der Waals surface area contributed by atoms with Crippen LogP contribution in [0.15, 0.2) is 24.3 Å². The Labute approximate surface area is 103 Å². The summed E-state index contributed by atoms with van der Waals surface area (Å²) in [4.78, 5) is 11.6. The van der Waals surface area contributed by atoms with Gasteiger partial charge in [0.2, 0.25) is 0 Å². The van der Waals surface area contributed by atoms with Gasteiger partial charge in [0.05, 0.1) is 5.92 Å². The summed E-state index contributed by atoms with van der Waals surface area (Å²) in [6.07, 6.45) is 0.926. The first-order valence-electron chi connectivity index (χ1n) is 5.03. The van der Waals surface area contributed by atoms with Crippen LogP contribution in [0.5, 0.6) is 0 Å². The highest BCUT2D eigenvalue weighted by atomic mass is 127. The van der Waals surface area contributed by atoms with Gasteiger partial charge in [0, 0.05) is 10.8 Å². The van der Waals surface area contributed by atoms with Gasteiger partial charge in [-0.25, -0.2) is 0 Å². The molecule has 1 aromatic carbocycles.